The molecule has 0 fully saturated rings. The van der Waals surface area contributed by atoms with Crippen LogP contribution in [0.15, 0.2) is 18.3 Å². The Morgan fingerprint density at radius 3 is 2.75 bits per heavy atom. The molecular formula is C13H21N3O3S. The predicted octanol–water partition coefficient (Wildman–Crippen LogP) is 1.07. The van der Waals surface area contributed by atoms with Crippen molar-refractivity contribution in [3.63, 3.8) is 0 Å². The van der Waals surface area contributed by atoms with Gasteiger partial charge in [0, 0.05) is 31.1 Å². The summed E-state index contributed by atoms with van der Waals surface area (Å²) in [5.74, 6) is 0.517. The van der Waals surface area contributed by atoms with E-state index in [1.54, 1.807) is 18.3 Å². The van der Waals surface area contributed by atoms with Gasteiger partial charge in [0.15, 0.2) is 0 Å². The van der Waals surface area contributed by atoms with E-state index in [4.69, 9.17) is 0 Å². The minimum Gasteiger partial charge on any atom is -0.370 e. The number of anilines is 1. The molecule has 1 heterocycles. The van der Waals surface area contributed by atoms with Gasteiger partial charge >= 0.3 is 0 Å². The highest BCUT2D eigenvalue weighted by Crippen LogP contribution is 2.06. The molecule has 1 rings (SSSR count). The van der Waals surface area contributed by atoms with E-state index in [0.29, 0.717) is 24.3 Å². The molecule has 7 heteroatoms. The minimum absolute atomic E-state index is 0.0763. The maximum Gasteiger partial charge on any atom is 0.251 e. The zero-order valence-corrected chi connectivity index (χ0v) is 12.7. The lowest BCUT2D eigenvalue weighted by Gasteiger charge is -2.07. The van der Waals surface area contributed by atoms with Crippen molar-refractivity contribution in [2.24, 2.45) is 0 Å². The van der Waals surface area contributed by atoms with Crippen molar-refractivity contribution in [3.8, 4) is 0 Å². The van der Waals surface area contributed by atoms with Gasteiger partial charge in [-0.15, -0.1) is 0 Å². The van der Waals surface area contributed by atoms with E-state index >= 15 is 0 Å². The first-order valence-electron chi connectivity index (χ1n) is 6.58. The van der Waals surface area contributed by atoms with Crippen molar-refractivity contribution >= 4 is 21.6 Å². The summed E-state index contributed by atoms with van der Waals surface area (Å²) in [6.45, 7) is 3.18. The average Bonchev–Trinajstić information content (AvgIpc) is 2.40. The molecule has 0 saturated heterocycles. The van der Waals surface area contributed by atoms with Crippen LogP contribution in [0.5, 0.6) is 0 Å². The van der Waals surface area contributed by atoms with Crippen LogP contribution in [0.1, 0.15) is 30.1 Å². The number of aromatic nitrogens is 1. The molecular weight excluding hydrogens is 278 g/mol. The molecule has 20 heavy (non-hydrogen) atoms. The zero-order valence-electron chi connectivity index (χ0n) is 11.8. The third-order valence-corrected chi connectivity index (χ3v) is 3.59. The Morgan fingerprint density at radius 2 is 2.10 bits per heavy atom. The van der Waals surface area contributed by atoms with Crippen LogP contribution in [0.25, 0.3) is 0 Å². The van der Waals surface area contributed by atoms with Gasteiger partial charge in [-0.2, -0.15) is 0 Å². The number of carbonyl (C=O) groups excluding carboxylic acids is 1. The number of nitrogens with one attached hydrogen (secondary N) is 2. The molecule has 0 bridgehead atoms. The molecule has 0 saturated carbocycles. The maximum atomic E-state index is 11.9. The molecule has 0 radical (unpaired) electrons. The molecule has 2 N–H and O–H groups in total. The summed E-state index contributed by atoms with van der Waals surface area (Å²) in [7, 11) is -2.97. The summed E-state index contributed by atoms with van der Waals surface area (Å²) in [5, 5.41) is 5.80. The van der Waals surface area contributed by atoms with E-state index in [-0.39, 0.29) is 11.7 Å². The van der Waals surface area contributed by atoms with E-state index in [2.05, 4.69) is 15.6 Å². The number of nitrogens with zero attached hydrogens (tertiary/aromatic N) is 1. The number of rotatable bonds is 8. The summed E-state index contributed by atoms with van der Waals surface area (Å²) in [6.07, 6.45) is 4.15. The van der Waals surface area contributed by atoms with Crippen molar-refractivity contribution < 1.29 is 13.2 Å². The lowest BCUT2D eigenvalue weighted by Crippen LogP contribution is -2.26. The Balaban J connectivity index is 2.46. The Kier molecular flexibility index (Phi) is 6.44. The number of amides is 1. The summed E-state index contributed by atoms with van der Waals surface area (Å²) < 4.78 is 21.9. The van der Waals surface area contributed by atoms with Gasteiger partial charge in [-0.1, -0.05) is 6.92 Å². The lowest BCUT2D eigenvalue weighted by molar-refractivity contribution is 0.0953. The average molecular weight is 299 g/mol. The fraction of sp³-hybridized carbons (Fsp3) is 0.538. The number of sulfone groups is 1. The maximum absolute atomic E-state index is 11.9. The fourth-order valence-corrected chi connectivity index (χ4v) is 2.23. The molecule has 1 aromatic heterocycles. The monoisotopic (exact) mass is 299 g/mol. The number of carbonyl (C=O) groups is 1. The predicted molar refractivity (Wildman–Crippen MR) is 79.7 cm³/mol. The molecule has 112 valence electrons. The molecule has 0 aliphatic rings. The second kappa shape index (κ2) is 7.84. The number of pyridine rings is 1. The second-order valence-corrected chi connectivity index (χ2v) is 6.86. The van der Waals surface area contributed by atoms with Gasteiger partial charge in [0.05, 0.1) is 5.75 Å². The van der Waals surface area contributed by atoms with E-state index in [0.717, 1.165) is 13.0 Å². The quantitative estimate of drug-likeness (QED) is 0.701. The molecule has 0 atom stereocenters. The zero-order chi connectivity index (χ0) is 15.0. The van der Waals surface area contributed by atoms with Crippen LogP contribution in [0.4, 0.5) is 5.82 Å². The van der Waals surface area contributed by atoms with E-state index < -0.39 is 9.84 Å². The van der Waals surface area contributed by atoms with Gasteiger partial charge in [0.2, 0.25) is 0 Å². The summed E-state index contributed by atoms with van der Waals surface area (Å²) in [4.78, 5) is 16.0. The molecule has 0 spiro atoms. The molecule has 1 aromatic rings. The molecule has 0 aromatic carbocycles. The smallest absolute Gasteiger partial charge is 0.251 e. The molecule has 1 amide bonds. The summed E-state index contributed by atoms with van der Waals surface area (Å²) >= 11 is 0. The van der Waals surface area contributed by atoms with E-state index in [1.165, 1.54) is 6.26 Å². The third kappa shape index (κ3) is 6.51. The van der Waals surface area contributed by atoms with Crippen LogP contribution >= 0.6 is 0 Å². The van der Waals surface area contributed by atoms with Crippen molar-refractivity contribution in [3.05, 3.63) is 23.9 Å². The minimum atomic E-state index is -2.97. The third-order valence-electron chi connectivity index (χ3n) is 2.56. The van der Waals surface area contributed by atoms with Gasteiger partial charge in [-0.05, 0) is 25.0 Å². The van der Waals surface area contributed by atoms with Crippen LogP contribution < -0.4 is 10.6 Å². The van der Waals surface area contributed by atoms with Gasteiger partial charge in [-0.25, -0.2) is 13.4 Å². The van der Waals surface area contributed by atoms with Gasteiger partial charge < -0.3 is 10.6 Å². The van der Waals surface area contributed by atoms with Gasteiger partial charge in [0.25, 0.3) is 5.91 Å². The largest absolute Gasteiger partial charge is 0.370 e. The first-order valence-corrected chi connectivity index (χ1v) is 8.64. The van der Waals surface area contributed by atoms with Crippen LogP contribution in [-0.4, -0.2) is 44.4 Å². The highest BCUT2D eigenvalue weighted by Gasteiger charge is 2.07. The second-order valence-electron chi connectivity index (χ2n) is 4.60. The first-order chi connectivity index (χ1) is 9.42. The van der Waals surface area contributed by atoms with Crippen molar-refractivity contribution in [1.29, 1.82) is 0 Å². The summed E-state index contributed by atoms with van der Waals surface area (Å²) in [6, 6.07) is 3.31. The van der Waals surface area contributed by atoms with Crippen LogP contribution in [-0.2, 0) is 9.84 Å². The standard InChI is InChI=1S/C13H21N3O3S/c1-3-6-14-12-10-11(5-8-15-12)13(17)16-7-4-9-20(2,18)19/h5,8,10H,3-4,6-7,9H2,1-2H3,(H,14,15)(H,16,17). The van der Waals surface area contributed by atoms with Gasteiger partial charge in [-0.3, -0.25) is 4.79 Å². The van der Waals surface area contributed by atoms with Crippen molar-refractivity contribution in [1.82, 2.24) is 10.3 Å². The van der Waals surface area contributed by atoms with E-state index in [9.17, 15) is 13.2 Å². The Labute approximate surface area is 119 Å². The molecule has 0 unspecified atom stereocenters. The highest BCUT2D eigenvalue weighted by molar-refractivity contribution is 7.90. The molecule has 0 aliphatic heterocycles. The van der Waals surface area contributed by atoms with Crippen molar-refractivity contribution in [2.75, 3.05) is 30.4 Å². The lowest BCUT2D eigenvalue weighted by atomic mass is 10.2. The number of hydrogen-bond acceptors (Lipinski definition) is 5. The number of hydrogen-bond donors (Lipinski definition) is 2. The van der Waals surface area contributed by atoms with E-state index in [1.807, 2.05) is 6.92 Å². The fourth-order valence-electron chi connectivity index (χ4n) is 1.56. The van der Waals surface area contributed by atoms with Crippen LogP contribution in [0.2, 0.25) is 0 Å². The Hall–Kier alpha value is -1.63. The topological polar surface area (TPSA) is 88.2 Å². The van der Waals surface area contributed by atoms with Crippen molar-refractivity contribution in [2.45, 2.75) is 19.8 Å². The van der Waals surface area contributed by atoms with Crippen LogP contribution in [0.3, 0.4) is 0 Å². The Morgan fingerprint density at radius 1 is 1.35 bits per heavy atom. The summed E-state index contributed by atoms with van der Waals surface area (Å²) in [5.41, 5.74) is 0.512. The molecule has 6 nitrogen and oxygen atoms in total. The normalized spacial score (nSPS) is 11.1. The molecule has 0 aliphatic carbocycles. The highest BCUT2D eigenvalue weighted by atomic mass is 32.2. The Bertz CT molecular complexity index is 544. The first kappa shape index (κ1) is 16.4. The SMILES string of the molecule is CCCNc1cc(C(=O)NCCCS(C)(=O)=O)ccn1. The van der Waals surface area contributed by atoms with Crippen LogP contribution in [0, 0.1) is 0 Å². The van der Waals surface area contributed by atoms with Gasteiger partial charge in [0.1, 0.15) is 15.7 Å².